The number of Topliss-reactive ketones (excluding diaryl/α,β-unsaturated/α-hetero) is 1. The highest BCUT2D eigenvalue weighted by Gasteiger charge is 2.16. The second-order valence-electron chi connectivity index (χ2n) is 3.91. The van der Waals surface area contributed by atoms with Crippen LogP contribution in [-0.4, -0.2) is 5.78 Å². The molecule has 0 aromatic heterocycles. The molecule has 0 aliphatic heterocycles. The second kappa shape index (κ2) is 5.80. The number of ketones is 1. The molecule has 0 amide bonds. The Morgan fingerprint density at radius 3 is 2.53 bits per heavy atom. The Morgan fingerprint density at radius 1 is 1.11 bits per heavy atom. The normalized spacial score (nSPS) is 10.5. The molecule has 19 heavy (non-hydrogen) atoms. The highest BCUT2D eigenvalue weighted by Crippen LogP contribution is 2.22. The molecule has 0 heterocycles. The summed E-state index contributed by atoms with van der Waals surface area (Å²) in [4.78, 5) is 12.0. The van der Waals surface area contributed by atoms with Crippen molar-refractivity contribution in [2.45, 2.75) is 6.42 Å². The van der Waals surface area contributed by atoms with Crippen LogP contribution in [0.2, 0.25) is 5.02 Å². The van der Waals surface area contributed by atoms with E-state index in [1.54, 1.807) is 12.1 Å². The monoisotopic (exact) mass is 344 g/mol. The lowest BCUT2D eigenvalue weighted by atomic mass is 10.0. The molecule has 0 fully saturated rings. The molecule has 98 valence electrons. The average Bonchev–Trinajstić information content (AvgIpc) is 2.38. The summed E-state index contributed by atoms with van der Waals surface area (Å²) in [6.07, 6.45) is -0.236. The molecule has 0 radical (unpaired) electrons. The van der Waals surface area contributed by atoms with Crippen molar-refractivity contribution in [1.29, 1.82) is 0 Å². The molecule has 0 atom stereocenters. The summed E-state index contributed by atoms with van der Waals surface area (Å²) in [7, 11) is 0. The number of rotatable bonds is 3. The third-order valence-corrected chi connectivity index (χ3v) is 3.54. The van der Waals surface area contributed by atoms with E-state index in [9.17, 15) is 13.6 Å². The van der Waals surface area contributed by atoms with Crippen molar-refractivity contribution in [3.8, 4) is 0 Å². The lowest BCUT2D eigenvalue weighted by molar-refractivity contribution is 0.0988. The first kappa shape index (κ1) is 14.2. The topological polar surface area (TPSA) is 17.1 Å². The number of carbonyl (C=O) groups excluding carboxylic acids is 1. The molecule has 0 saturated heterocycles. The van der Waals surface area contributed by atoms with E-state index in [-0.39, 0.29) is 27.0 Å². The van der Waals surface area contributed by atoms with Crippen molar-refractivity contribution >= 4 is 33.3 Å². The van der Waals surface area contributed by atoms with E-state index in [0.29, 0.717) is 0 Å². The van der Waals surface area contributed by atoms with Crippen LogP contribution in [0.15, 0.2) is 40.9 Å². The van der Waals surface area contributed by atoms with Gasteiger partial charge < -0.3 is 0 Å². The molecule has 0 saturated carbocycles. The van der Waals surface area contributed by atoms with E-state index in [1.807, 2.05) is 0 Å². The van der Waals surface area contributed by atoms with Crippen LogP contribution in [0.25, 0.3) is 0 Å². The van der Waals surface area contributed by atoms with Crippen LogP contribution in [0.1, 0.15) is 15.9 Å². The van der Waals surface area contributed by atoms with Gasteiger partial charge in [-0.2, -0.15) is 0 Å². The molecule has 2 aromatic carbocycles. The van der Waals surface area contributed by atoms with Gasteiger partial charge >= 0.3 is 0 Å². The van der Waals surface area contributed by atoms with E-state index in [0.717, 1.165) is 0 Å². The first-order valence-corrected chi connectivity index (χ1v) is 6.58. The third-order valence-electron chi connectivity index (χ3n) is 2.63. The van der Waals surface area contributed by atoms with Crippen molar-refractivity contribution < 1.29 is 13.6 Å². The standard InChI is InChI=1S/C14H8BrClF2O/c15-10-5-2-4-9(14(10)18)12(19)7-8-3-1-6-11(16)13(8)17/h1-6H,7H2. The van der Waals surface area contributed by atoms with Gasteiger partial charge in [-0.05, 0) is 39.7 Å². The number of halogens is 4. The Morgan fingerprint density at radius 2 is 1.79 bits per heavy atom. The van der Waals surface area contributed by atoms with E-state index in [1.165, 1.54) is 24.3 Å². The van der Waals surface area contributed by atoms with Gasteiger partial charge in [-0.3, -0.25) is 4.79 Å². The van der Waals surface area contributed by atoms with Gasteiger partial charge in [-0.1, -0.05) is 29.8 Å². The van der Waals surface area contributed by atoms with Crippen molar-refractivity contribution in [3.05, 3.63) is 68.7 Å². The Kier molecular flexibility index (Phi) is 4.32. The van der Waals surface area contributed by atoms with Crippen LogP contribution in [-0.2, 0) is 6.42 Å². The van der Waals surface area contributed by atoms with Gasteiger partial charge in [0.2, 0.25) is 0 Å². The van der Waals surface area contributed by atoms with Gasteiger partial charge in [0.15, 0.2) is 5.78 Å². The van der Waals surface area contributed by atoms with Crippen LogP contribution in [0.3, 0.4) is 0 Å². The first-order valence-electron chi connectivity index (χ1n) is 5.41. The highest BCUT2D eigenvalue weighted by molar-refractivity contribution is 9.10. The van der Waals surface area contributed by atoms with E-state index in [4.69, 9.17) is 11.6 Å². The zero-order valence-corrected chi connectivity index (χ0v) is 11.9. The molecule has 0 aliphatic carbocycles. The van der Waals surface area contributed by atoms with Gasteiger partial charge in [0.25, 0.3) is 0 Å². The fourth-order valence-electron chi connectivity index (χ4n) is 1.67. The molecular formula is C14H8BrClF2O. The zero-order chi connectivity index (χ0) is 14.0. The molecule has 0 spiro atoms. The van der Waals surface area contributed by atoms with Gasteiger partial charge in [0.05, 0.1) is 15.1 Å². The summed E-state index contributed by atoms with van der Waals surface area (Å²) in [5, 5.41) is -0.0555. The second-order valence-corrected chi connectivity index (χ2v) is 5.18. The number of hydrogen-bond donors (Lipinski definition) is 0. The van der Waals surface area contributed by atoms with Gasteiger partial charge in [0.1, 0.15) is 11.6 Å². The number of benzene rings is 2. The number of hydrogen-bond acceptors (Lipinski definition) is 1. The lowest BCUT2D eigenvalue weighted by Crippen LogP contribution is -2.08. The Hall–Kier alpha value is -1.26. The smallest absolute Gasteiger partial charge is 0.170 e. The minimum Gasteiger partial charge on any atom is -0.294 e. The molecule has 0 bridgehead atoms. The van der Waals surface area contributed by atoms with E-state index in [2.05, 4.69) is 15.9 Å². The molecular weight excluding hydrogens is 338 g/mol. The lowest BCUT2D eigenvalue weighted by Gasteiger charge is -2.06. The molecule has 1 nitrogen and oxygen atoms in total. The van der Waals surface area contributed by atoms with Crippen LogP contribution in [0.5, 0.6) is 0 Å². The summed E-state index contributed by atoms with van der Waals surface area (Å²) in [5.74, 6) is -1.79. The summed E-state index contributed by atoms with van der Waals surface area (Å²) in [5.41, 5.74) is 0.0747. The maximum absolute atomic E-state index is 13.7. The summed E-state index contributed by atoms with van der Waals surface area (Å²) >= 11 is 8.64. The molecule has 2 aromatic rings. The Balaban J connectivity index is 2.31. The third kappa shape index (κ3) is 3.01. The minimum atomic E-state index is -0.645. The summed E-state index contributed by atoms with van der Waals surface area (Å²) in [6.45, 7) is 0. The molecule has 0 aliphatic rings. The maximum Gasteiger partial charge on any atom is 0.170 e. The zero-order valence-electron chi connectivity index (χ0n) is 9.59. The van der Waals surface area contributed by atoms with E-state index >= 15 is 0 Å². The van der Waals surface area contributed by atoms with E-state index < -0.39 is 17.4 Å². The van der Waals surface area contributed by atoms with Gasteiger partial charge in [-0.25, -0.2) is 8.78 Å². The highest BCUT2D eigenvalue weighted by atomic mass is 79.9. The van der Waals surface area contributed by atoms with Crippen molar-refractivity contribution in [3.63, 3.8) is 0 Å². The maximum atomic E-state index is 13.7. The molecule has 5 heteroatoms. The predicted octanol–water partition coefficient (Wildman–Crippen LogP) is 4.81. The Bertz CT molecular complexity index is 643. The van der Waals surface area contributed by atoms with Crippen LogP contribution >= 0.6 is 27.5 Å². The fraction of sp³-hybridized carbons (Fsp3) is 0.0714. The van der Waals surface area contributed by atoms with Gasteiger partial charge in [0, 0.05) is 6.42 Å². The number of carbonyl (C=O) groups is 1. The quantitative estimate of drug-likeness (QED) is 0.730. The van der Waals surface area contributed by atoms with Crippen molar-refractivity contribution in [2.24, 2.45) is 0 Å². The predicted molar refractivity (Wildman–Crippen MR) is 73.5 cm³/mol. The SMILES string of the molecule is O=C(Cc1cccc(Cl)c1F)c1cccc(Br)c1F. The Labute approximate surface area is 122 Å². The summed E-state index contributed by atoms with van der Waals surface area (Å²) < 4.78 is 27.6. The average molecular weight is 346 g/mol. The first-order chi connectivity index (χ1) is 9.00. The fourth-order valence-corrected chi connectivity index (χ4v) is 2.23. The molecule has 2 rings (SSSR count). The largest absolute Gasteiger partial charge is 0.294 e. The van der Waals surface area contributed by atoms with Crippen LogP contribution in [0.4, 0.5) is 8.78 Å². The summed E-state index contributed by atoms with van der Waals surface area (Å²) in [6, 6.07) is 8.80. The van der Waals surface area contributed by atoms with Crippen molar-refractivity contribution in [2.75, 3.05) is 0 Å². The van der Waals surface area contributed by atoms with Crippen LogP contribution in [0, 0.1) is 11.6 Å². The van der Waals surface area contributed by atoms with Crippen LogP contribution < -0.4 is 0 Å². The van der Waals surface area contributed by atoms with Gasteiger partial charge in [-0.15, -0.1) is 0 Å². The minimum absolute atomic E-state index is 0.0555. The van der Waals surface area contributed by atoms with Crippen molar-refractivity contribution in [1.82, 2.24) is 0 Å². The molecule has 0 N–H and O–H groups in total. The molecule has 0 unspecified atom stereocenters.